The molecular weight excluding hydrogens is 358 g/mol. The van der Waals surface area contributed by atoms with E-state index in [1.165, 1.54) is 0 Å². The van der Waals surface area contributed by atoms with Crippen LogP contribution < -0.4 is 10.1 Å². The van der Waals surface area contributed by atoms with Gasteiger partial charge in [0.2, 0.25) is 11.7 Å². The molecule has 142 valence electrons. The van der Waals surface area contributed by atoms with Crippen molar-refractivity contribution in [1.29, 1.82) is 0 Å². The van der Waals surface area contributed by atoms with Gasteiger partial charge in [0.1, 0.15) is 17.1 Å². The van der Waals surface area contributed by atoms with Crippen LogP contribution in [0.25, 0.3) is 11.0 Å². The fraction of sp³-hybridized carbons (Fsp3) is 0.190. The van der Waals surface area contributed by atoms with Gasteiger partial charge < -0.3 is 19.0 Å². The summed E-state index contributed by atoms with van der Waals surface area (Å²) in [6.45, 7) is 3.69. The molecule has 4 rings (SSSR count). The Morgan fingerprint density at radius 2 is 1.96 bits per heavy atom. The Morgan fingerprint density at radius 1 is 1.18 bits per heavy atom. The van der Waals surface area contributed by atoms with Gasteiger partial charge in [-0.05, 0) is 31.2 Å². The highest BCUT2D eigenvalue weighted by molar-refractivity contribution is 5.97. The van der Waals surface area contributed by atoms with Crippen LogP contribution in [0.15, 0.2) is 63.5 Å². The summed E-state index contributed by atoms with van der Waals surface area (Å²) in [5, 5.41) is 7.74. The first-order valence-electron chi connectivity index (χ1n) is 8.90. The third kappa shape index (κ3) is 3.73. The van der Waals surface area contributed by atoms with Gasteiger partial charge in [0, 0.05) is 12.3 Å². The molecular formula is C21H19N3O4. The standard InChI is InChI=1S/C21H19N3O4/c1-13(19-11-15-7-3-5-9-17(15)27-19)22-21(25)16-8-4-6-10-18(16)26-12-20-23-14(2)28-24-20/h3-11,13H,12H2,1-2H3,(H,22,25)/t13-/m1/s1. The zero-order valence-corrected chi connectivity index (χ0v) is 15.5. The van der Waals surface area contributed by atoms with E-state index >= 15 is 0 Å². The number of amides is 1. The van der Waals surface area contributed by atoms with Crippen LogP contribution in [0.4, 0.5) is 0 Å². The number of carbonyl (C=O) groups excluding carboxylic acids is 1. The maximum absolute atomic E-state index is 12.8. The molecule has 2 aromatic heterocycles. The van der Waals surface area contributed by atoms with Crippen molar-refractivity contribution in [3.05, 3.63) is 77.6 Å². The Labute approximate surface area is 161 Å². The van der Waals surface area contributed by atoms with Crippen LogP contribution in [0.2, 0.25) is 0 Å². The molecule has 0 saturated heterocycles. The molecule has 2 aromatic carbocycles. The zero-order valence-electron chi connectivity index (χ0n) is 15.5. The van der Waals surface area contributed by atoms with Crippen molar-refractivity contribution < 1.29 is 18.5 Å². The molecule has 0 fully saturated rings. The van der Waals surface area contributed by atoms with Crippen LogP contribution in [0.3, 0.4) is 0 Å². The Morgan fingerprint density at radius 3 is 2.75 bits per heavy atom. The van der Waals surface area contributed by atoms with Crippen molar-refractivity contribution in [1.82, 2.24) is 15.5 Å². The van der Waals surface area contributed by atoms with E-state index in [1.54, 1.807) is 31.2 Å². The summed E-state index contributed by atoms with van der Waals surface area (Å²) in [7, 11) is 0. The molecule has 1 atom stereocenters. The van der Waals surface area contributed by atoms with Crippen molar-refractivity contribution in [2.75, 3.05) is 0 Å². The number of hydrogen-bond acceptors (Lipinski definition) is 6. The summed E-state index contributed by atoms with van der Waals surface area (Å²) in [4.78, 5) is 16.9. The number of furan rings is 1. The molecule has 0 aliphatic rings. The number of ether oxygens (including phenoxy) is 1. The number of nitrogens with zero attached hydrogens (tertiary/aromatic N) is 2. The Kier molecular flexibility index (Phi) is 4.80. The predicted molar refractivity (Wildman–Crippen MR) is 102 cm³/mol. The molecule has 0 radical (unpaired) electrons. The second-order valence-corrected chi connectivity index (χ2v) is 6.40. The molecule has 0 aliphatic heterocycles. The minimum Gasteiger partial charge on any atom is -0.485 e. The molecule has 4 aromatic rings. The normalized spacial score (nSPS) is 12.1. The van der Waals surface area contributed by atoms with Crippen LogP contribution in [-0.4, -0.2) is 16.0 Å². The molecule has 0 aliphatic carbocycles. The number of hydrogen-bond donors (Lipinski definition) is 1. The van der Waals surface area contributed by atoms with Crippen LogP contribution in [0, 0.1) is 6.92 Å². The van der Waals surface area contributed by atoms with Gasteiger partial charge >= 0.3 is 0 Å². The van der Waals surface area contributed by atoms with Crippen molar-refractivity contribution >= 4 is 16.9 Å². The number of fused-ring (bicyclic) bond motifs is 1. The van der Waals surface area contributed by atoms with Gasteiger partial charge in [-0.3, -0.25) is 4.79 Å². The maximum atomic E-state index is 12.8. The van der Waals surface area contributed by atoms with Crippen LogP contribution in [-0.2, 0) is 6.61 Å². The first-order chi connectivity index (χ1) is 13.6. The highest BCUT2D eigenvalue weighted by Crippen LogP contribution is 2.25. The lowest BCUT2D eigenvalue weighted by Crippen LogP contribution is -2.26. The molecule has 0 bridgehead atoms. The van der Waals surface area contributed by atoms with Crippen LogP contribution >= 0.6 is 0 Å². The number of nitrogens with one attached hydrogen (secondary N) is 1. The van der Waals surface area contributed by atoms with Gasteiger partial charge in [0.25, 0.3) is 5.91 Å². The molecule has 7 heteroatoms. The minimum absolute atomic E-state index is 0.112. The zero-order chi connectivity index (χ0) is 19.5. The van der Waals surface area contributed by atoms with E-state index < -0.39 is 0 Å². The lowest BCUT2D eigenvalue weighted by Gasteiger charge is -2.14. The Balaban J connectivity index is 1.48. The van der Waals surface area contributed by atoms with Gasteiger partial charge in [0.15, 0.2) is 6.61 Å². The monoisotopic (exact) mass is 377 g/mol. The topological polar surface area (TPSA) is 90.4 Å². The Bertz CT molecular complexity index is 1080. The number of aryl methyl sites for hydroxylation is 1. The van der Waals surface area contributed by atoms with Crippen molar-refractivity contribution in [2.45, 2.75) is 26.5 Å². The van der Waals surface area contributed by atoms with E-state index in [9.17, 15) is 4.79 Å². The number of carbonyl (C=O) groups is 1. The molecule has 7 nitrogen and oxygen atoms in total. The lowest BCUT2D eigenvalue weighted by atomic mass is 10.1. The van der Waals surface area contributed by atoms with E-state index in [-0.39, 0.29) is 18.6 Å². The minimum atomic E-state index is -0.298. The average molecular weight is 377 g/mol. The average Bonchev–Trinajstić information content (AvgIpc) is 3.32. The highest BCUT2D eigenvalue weighted by atomic mass is 16.5. The molecule has 1 N–H and O–H groups in total. The SMILES string of the molecule is Cc1nc(COc2ccccc2C(=O)N[C@H](C)c2cc3ccccc3o2)no1. The first kappa shape index (κ1) is 17.8. The fourth-order valence-electron chi connectivity index (χ4n) is 2.88. The lowest BCUT2D eigenvalue weighted by molar-refractivity contribution is 0.0931. The Hall–Kier alpha value is -3.61. The van der Waals surface area contributed by atoms with Crippen molar-refractivity contribution in [2.24, 2.45) is 0 Å². The van der Waals surface area contributed by atoms with E-state index in [2.05, 4.69) is 15.5 Å². The molecule has 0 unspecified atom stereocenters. The smallest absolute Gasteiger partial charge is 0.255 e. The van der Waals surface area contributed by atoms with Crippen LogP contribution in [0.5, 0.6) is 5.75 Å². The molecule has 2 heterocycles. The van der Waals surface area contributed by atoms with Gasteiger partial charge in [-0.1, -0.05) is 35.5 Å². The first-order valence-corrected chi connectivity index (χ1v) is 8.90. The van der Waals surface area contributed by atoms with E-state index in [0.29, 0.717) is 28.8 Å². The summed E-state index contributed by atoms with van der Waals surface area (Å²) in [5.41, 5.74) is 1.21. The number of aromatic nitrogens is 2. The second kappa shape index (κ2) is 7.56. The summed E-state index contributed by atoms with van der Waals surface area (Å²) >= 11 is 0. The van der Waals surface area contributed by atoms with Gasteiger partial charge in [0.05, 0.1) is 11.6 Å². The fourth-order valence-corrected chi connectivity index (χ4v) is 2.88. The summed E-state index contributed by atoms with van der Waals surface area (Å²) in [6, 6.07) is 16.4. The summed E-state index contributed by atoms with van der Waals surface area (Å²) in [5.74, 6) is 1.76. The quantitative estimate of drug-likeness (QED) is 0.542. The van der Waals surface area contributed by atoms with E-state index in [0.717, 1.165) is 11.0 Å². The number of rotatable bonds is 6. The van der Waals surface area contributed by atoms with Gasteiger partial charge in [-0.15, -0.1) is 0 Å². The van der Waals surface area contributed by atoms with Gasteiger partial charge in [-0.2, -0.15) is 4.98 Å². The van der Waals surface area contributed by atoms with Crippen molar-refractivity contribution in [3.63, 3.8) is 0 Å². The van der Waals surface area contributed by atoms with Crippen LogP contribution in [0.1, 0.15) is 40.8 Å². The maximum Gasteiger partial charge on any atom is 0.255 e. The molecule has 0 spiro atoms. The summed E-state index contributed by atoms with van der Waals surface area (Å²) < 4.78 is 16.5. The van der Waals surface area contributed by atoms with Gasteiger partial charge in [-0.25, -0.2) is 0 Å². The molecule has 1 amide bonds. The summed E-state index contributed by atoms with van der Waals surface area (Å²) in [6.07, 6.45) is 0. The largest absolute Gasteiger partial charge is 0.485 e. The number of para-hydroxylation sites is 2. The number of benzene rings is 2. The van der Waals surface area contributed by atoms with E-state index in [4.69, 9.17) is 13.7 Å². The highest BCUT2D eigenvalue weighted by Gasteiger charge is 2.18. The predicted octanol–water partition coefficient (Wildman–Crippen LogP) is 4.19. The van der Waals surface area contributed by atoms with Crippen molar-refractivity contribution in [3.8, 4) is 5.75 Å². The van der Waals surface area contributed by atoms with E-state index in [1.807, 2.05) is 37.3 Å². The molecule has 28 heavy (non-hydrogen) atoms. The third-order valence-electron chi connectivity index (χ3n) is 4.28. The molecule has 0 saturated carbocycles. The third-order valence-corrected chi connectivity index (χ3v) is 4.28. The second-order valence-electron chi connectivity index (χ2n) is 6.40.